The quantitative estimate of drug-likeness (QED) is 0.133. The van der Waals surface area contributed by atoms with E-state index in [4.69, 9.17) is 23.7 Å². The maximum Gasteiger partial charge on any atom is 0.251 e. The van der Waals surface area contributed by atoms with Crippen LogP contribution in [0.4, 0.5) is 0 Å². The molecular formula is C44H53NO8. The summed E-state index contributed by atoms with van der Waals surface area (Å²) >= 11 is 0. The number of ether oxygens (including phenoxy) is 5. The molecule has 9 nitrogen and oxygen atoms in total. The Bertz CT molecular complexity index is 1720. The fraction of sp³-hybridized carbons (Fsp3) is 0.432. The van der Waals surface area contributed by atoms with Gasteiger partial charge in [0, 0.05) is 12.6 Å². The van der Waals surface area contributed by atoms with E-state index in [0.29, 0.717) is 30.9 Å². The number of benzene rings is 4. The van der Waals surface area contributed by atoms with Gasteiger partial charge in [0.15, 0.2) is 0 Å². The van der Waals surface area contributed by atoms with Crippen molar-refractivity contribution >= 4 is 5.91 Å². The number of hydrogen-bond donors (Lipinski definition) is 3. The third-order valence-corrected chi connectivity index (χ3v) is 11.1. The molecule has 53 heavy (non-hydrogen) atoms. The van der Waals surface area contributed by atoms with E-state index in [-0.39, 0.29) is 61.1 Å². The van der Waals surface area contributed by atoms with Crippen LogP contribution in [0.3, 0.4) is 0 Å². The highest BCUT2D eigenvalue weighted by atomic mass is 16.7. The predicted octanol–water partition coefficient (Wildman–Crippen LogP) is 6.65. The van der Waals surface area contributed by atoms with Gasteiger partial charge in [0.25, 0.3) is 5.91 Å². The SMILES string of the molecule is CNC(=O)c1cccc(-c2ccc(O[C@H]3O[C@H](CO)[C@@H](C)[C@H](C[C@H]4O[C@H](CO)[C@@H](C)[C@H](C)[C@@H]4OCc4ccccc4)[C@@H]3OCc3ccccc3)cc2)c1. The highest BCUT2D eigenvalue weighted by Gasteiger charge is 2.50. The molecule has 0 unspecified atom stereocenters. The number of hydrogen-bond acceptors (Lipinski definition) is 8. The van der Waals surface area contributed by atoms with Crippen molar-refractivity contribution in [2.24, 2.45) is 23.7 Å². The molecule has 1 amide bonds. The minimum Gasteiger partial charge on any atom is -0.462 e. The maximum absolute atomic E-state index is 12.2. The van der Waals surface area contributed by atoms with Crippen molar-refractivity contribution in [3.63, 3.8) is 0 Å². The molecule has 2 fully saturated rings. The molecule has 9 heteroatoms. The van der Waals surface area contributed by atoms with Crippen LogP contribution >= 0.6 is 0 Å². The fourth-order valence-corrected chi connectivity index (χ4v) is 7.71. The molecule has 3 N–H and O–H groups in total. The zero-order valence-electron chi connectivity index (χ0n) is 31.0. The maximum atomic E-state index is 12.2. The second kappa shape index (κ2) is 18.3. The summed E-state index contributed by atoms with van der Waals surface area (Å²) in [6.07, 6.45) is -2.24. The van der Waals surface area contributed by atoms with Gasteiger partial charge in [-0.15, -0.1) is 0 Å². The molecule has 2 saturated heterocycles. The van der Waals surface area contributed by atoms with Gasteiger partial charge in [-0.3, -0.25) is 4.79 Å². The Morgan fingerprint density at radius 2 is 1.26 bits per heavy atom. The molecular weight excluding hydrogens is 670 g/mol. The molecule has 4 aromatic carbocycles. The molecule has 2 aliphatic heterocycles. The number of carbonyl (C=O) groups excluding carboxylic acids is 1. The molecule has 282 valence electrons. The molecule has 0 aromatic heterocycles. The summed E-state index contributed by atoms with van der Waals surface area (Å²) in [6, 6.07) is 35.3. The van der Waals surface area contributed by atoms with Gasteiger partial charge in [0.2, 0.25) is 6.29 Å². The number of amides is 1. The van der Waals surface area contributed by atoms with E-state index >= 15 is 0 Å². The molecule has 0 spiro atoms. The summed E-state index contributed by atoms with van der Waals surface area (Å²) < 4.78 is 33.2. The predicted molar refractivity (Wildman–Crippen MR) is 203 cm³/mol. The average molecular weight is 724 g/mol. The fourth-order valence-electron chi connectivity index (χ4n) is 7.71. The van der Waals surface area contributed by atoms with Crippen LogP contribution in [-0.2, 0) is 32.2 Å². The first-order valence-corrected chi connectivity index (χ1v) is 18.7. The van der Waals surface area contributed by atoms with Crippen molar-refractivity contribution in [2.45, 2.75) is 77.2 Å². The molecule has 0 saturated carbocycles. The molecule has 0 bridgehead atoms. The number of aliphatic hydroxyl groups is 2. The number of carbonyl (C=O) groups is 1. The average Bonchev–Trinajstić information content (AvgIpc) is 3.20. The van der Waals surface area contributed by atoms with Gasteiger partial charge in [0.05, 0.1) is 50.8 Å². The summed E-state index contributed by atoms with van der Waals surface area (Å²) in [5.74, 6) is 0.369. The summed E-state index contributed by atoms with van der Waals surface area (Å²) in [7, 11) is 1.62. The van der Waals surface area contributed by atoms with Crippen molar-refractivity contribution < 1.29 is 38.7 Å². The smallest absolute Gasteiger partial charge is 0.251 e. The van der Waals surface area contributed by atoms with Gasteiger partial charge in [-0.2, -0.15) is 0 Å². The van der Waals surface area contributed by atoms with Crippen LogP contribution in [0.1, 0.15) is 48.7 Å². The van der Waals surface area contributed by atoms with Gasteiger partial charge >= 0.3 is 0 Å². The lowest BCUT2D eigenvalue weighted by atomic mass is 9.74. The standard InChI is InChI=1S/C44H53NO8/c1-28-29(2)41(49-26-31-12-7-5-8-13-31)38(52-39(28)24-46)23-37-30(3)40(25-47)53-44(42(37)50-27-32-14-9-6-10-15-32)51-36-20-18-33(19-21-36)34-16-11-17-35(22-34)43(48)45-4/h5-22,28-30,37-42,44,46-47H,23-27H2,1-4H3,(H,45,48)/t28-,29-,30-,37-,38+,39+,40+,41-,42-,44-/m0/s1. The Kier molecular flexibility index (Phi) is 13.3. The second-order valence-electron chi connectivity index (χ2n) is 14.4. The van der Waals surface area contributed by atoms with E-state index in [1.807, 2.05) is 91.0 Å². The lowest BCUT2D eigenvalue weighted by Crippen LogP contribution is -2.58. The van der Waals surface area contributed by atoms with Gasteiger partial charge in [0.1, 0.15) is 11.9 Å². The van der Waals surface area contributed by atoms with E-state index < -0.39 is 18.5 Å². The van der Waals surface area contributed by atoms with Crippen LogP contribution < -0.4 is 10.1 Å². The summed E-state index contributed by atoms with van der Waals surface area (Å²) in [4.78, 5) is 12.2. The van der Waals surface area contributed by atoms with Crippen molar-refractivity contribution in [1.82, 2.24) is 5.32 Å². The van der Waals surface area contributed by atoms with Crippen molar-refractivity contribution in [1.29, 1.82) is 0 Å². The first kappa shape index (κ1) is 38.6. The lowest BCUT2D eigenvalue weighted by Gasteiger charge is -2.49. The Morgan fingerprint density at radius 3 is 1.87 bits per heavy atom. The van der Waals surface area contributed by atoms with Gasteiger partial charge in [-0.1, -0.05) is 106 Å². The van der Waals surface area contributed by atoms with Crippen molar-refractivity contribution in [3.05, 3.63) is 126 Å². The van der Waals surface area contributed by atoms with Crippen LogP contribution in [0.5, 0.6) is 5.75 Å². The van der Waals surface area contributed by atoms with Gasteiger partial charge in [-0.25, -0.2) is 0 Å². The Hall–Kier alpha value is -4.09. The normalized spacial score (nSPS) is 28.6. The van der Waals surface area contributed by atoms with E-state index in [1.165, 1.54) is 0 Å². The van der Waals surface area contributed by atoms with Crippen LogP contribution in [0.25, 0.3) is 11.1 Å². The molecule has 2 heterocycles. The molecule has 2 aliphatic rings. The van der Waals surface area contributed by atoms with Crippen molar-refractivity contribution in [2.75, 3.05) is 20.3 Å². The lowest BCUT2D eigenvalue weighted by molar-refractivity contribution is -0.273. The highest BCUT2D eigenvalue weighted by molar-refractivity contribution is 5.95. The zero-order chi connectivity index (χ0) is 37.3. The van der Waals surface area contributed by atoms with Crippen LogP contribution in [0.15, 0.2) is 109 Å². The van der Waals surface area contributed by atoms with E-state index in [0.717, 1.165) is 22.3 Å². The second-order valence-corrected chi connectivity index (χ2v) is 14.4. The minimum atomic E-state index is -0.836. The van der Waals surface area contributed by atoms with E-state index in [9.17, 15) is 15.0 Å². The first-order valence-electron chi connectivity index (χ1n) is 18.7. The van der Waals surface area contributed by atoms with Crippen LogP contribution in [0.2, 0.25) is 0 Å². The van der Waals surface area contributed by atoms with Crippen molar-refractivity contribution in [3.8, 4) is 16.9 Å². The Morgan fingerprint density at radius 1 is 0.660 bits per heavy atom. The number of nitrogens with one attached hydrogen (secondary N) is 1. The topological polar surface area (TPSA) is 116 Å². The van der Waals surface area contributed by atoms with Crippen LogP contribution in [-0.4, -0.2) is 73.2 Å². The molecule has 0 radical (unpaired) electrons. The van der Waals surface area contributed by atoms with E-state index in [2.05, 4.69) is 38.2 Å². The largest absolute Gasteiger partial charge is 0.462 e. The number of rotatable bonds is 14. The summed E-state index contributed by atoms with van der Waals surface area (Å²) in [6.45, 7) is 6.89. The van der Waals surface area contributed by atoms with Crippen LogP contribution in [0, 0.1) is 23.7 Å². The summed E-state index contributed by atoms with van der Waals surface area (Å²) in [5.41, 5.74) is 4.52. The molecule has 6 rings (SSSR count). The Labute approximate surface area is 313 Å². The highest BCUT2D eigenvalue weighted by Crippen LogP contribution is 2.42. The molecule has 10 atom stereocenters. The monoisotopic (exact) mass is 723 g/mol. The third kappa shape index (κ3) is 9.35. The third-order valence-electron chi connectivity index (χ3n) is 11.1. The van der Waals surface area contributed by atoms with Gasteiger partial charge in [-0.05, 0) is 76.6 Å². The number of aliphatic hydroxyl groups excluding tert-OH is 2. The van der Waals surface area contributed by atoms with E-state index in [1.54, 1.807) is 13.1 Å². The molecule has 0 aliphatic carbocycles. The molecule has 4 aromatic rings. The van der Waals surface area contributed by atoms with Gasteiger partial charge < -0.3 is 39.2 Å². The zero-order valence-corrected chi connectivity index (χ0v) is 31.0. The first-order chi connectivity index (χ1) is 25.8. The Balaban J connectivity index is 1.28. The summed E-state index contributed by atoms with van der Waals surface area (Å²) in [5, 5.41) is 23.6. The minimum absolute atomic E-state index is 0.0816.